The van der Waals surface area contributed by atoms with Gasteiger partial charge in [-0.3, -0.25) is 9.52 Å². The van der Waals surface area contributed by atoms with E-state index in [-0.39, 0.29) is 21.8 Å². The van der Waals surface area contributed by atoms with Gasteiger partial charge in [-0.05, 0) is 36.8 Å². The Morgan fingerprint density at radius 2 is 1.81 bits per heavy atom. The Balaban J connectivity index is 2.45. The molecule has 0 aliphatic carbocycles. The Morgan fingerprint density at radius 3 is 2.43 bits per heavy atom. The molecular weight excluding hydrogens is 290 g/mol. The number of benzene rings is 2. The third-order valence-electron chi connectivity index (χ3n) is 2.89. The predicted molar refractivity (Wildman–Crippen MR) is 81.4 cm³/mol. The second-order valence-electron chi connectivity index (χ2n) is 4.56. The van der Waals surface area contributed by atoms with Gasteiger partial charge in [0.05, 0.1) is 16.9 Å². The fraction of sp³-hybridized carbons (Fsp3) is 0.0714. The molecule has 0 saturated carbocycles. The van der Waals surface area contributed by atoms with Crippen LogP contribution in [-0.2, 0) is 10.0 Å². The van der Waals surface area contributed by atoms with Crippen LogP contribution in [0.4, 0.5) is 11.4 Å². The quantitative estimate of drug-likeness (QED) is 0.742. The van der Waals surface area contributed by atoms with Crippen molar-refractivity contribution in [2.45, 2.75) is 11.8 Å². The number of nitrogen functional groups attached to an aromatic ring is 1. The number of nitrogens with two attached hydrogens (primary N) is 2. The monoisotopic (exact) mass is 305 g/mol. The molecule has 0 fully saturated rings. The molecule has 0 spiro atoms. The van der Waals surface area contributed by atoms with Gasteiger partial charge in [0.2, 0.25) is 0 Å². The van der Waals surface area contributed by atoms with Gasteiger partial charge in [-0.1, -0.05) is 18.2 Å². The summed E-state index contributed by atoms with van der Waals surface area (Å²) in [5, 5.41) is 0. The number of sulfonamides is 1. The Kier molecular flexibility index (Phi) is 3.86. The standard InChI is InChI=1S/C14H15N3O3S/c1-9-6-7-13(11(15)8-9)21(19,20)17-12-5-3-2-4-10(12)14(16)18/h2-8,17H,15H2,1H3,(H2,16,18). The summed E-state index contributed by atoms with van der Waals surface area (Å²) < 4.78 is 27.1. The molecule has 0 unspecified atom stereocenters. The largest absolute Gasteiger partial charge is 0.398 e. The minimum Gasteiger partial charge on any atom is -0.398 e. The molecule has 2 rings (SSSR count). The Labute approximate surface area is 122 Å². The number of amides is 1. The molecule has 21 heavy (non-hydrogen) atoms. The number of primary amides is 1. The minimum atomic E-state index is -3.90. The third-order valence-corrected chi connectivity index (χ3v) is 4.33. The normalized spacial score (nSPS) is 11.1. The molecule has 2 aromatic rings. The van der Waals surface area contributed by atoms with Gasteiger partial charge in [0, 0.05) is 0 Å². The van der Waals surface area contributed by atoms with Crippen LogP contribution in [0, 0.1) is 6.92 Å². The first kappa shape index (κ1) is 14.9. The first-order valence-corrected chi connectivity index (χ1v) is 7.57. The van der Waals surface area contributed by atoms with E-state index >= 15 is 0 Å². The van der Waals surface area contributed by atoms with E-state index in [1.807, 2.05) is 6.92 Å². The van der Waals surface area contributed by atoms with Crippen LogP contribution in [0.15, 0.2) is 47.4 Å². The highest BCUT2D eigenvalue weighted by Crippen LogP contribution is 2.24. The van der Waals surface area contributed by atoms with Crippen molar-refractivity contribution in [1.82, 2.24) is 0 Å². The zero-order valence-electron chi connectivity index (χ0n) is 11.3. The van der Waals surface area contributed by atoms with E-state index in [1.165, 1.54) is 18.2 Å². The van der Waals surface area contributed by atoms with E-state index in [0.29, 0.717) is 0 Å². The maximum atomic E-state index is 12.4. The van der Waals surface area contributed by atoms with Crippen LogP contribution in [0.1, 0.15) is 15.9 Å². The molecular formula is C14H15N3O3S. The summed E-state index contributed by atoms with van der Waals surface area (Å²) in [5.41, 5.74) is 12.2. The van der Waals surface area contributed by atoms with Gasteiger partial charge >= 0.3 is 0 Å². The smallest absolute Gasteiger partial charge is 0.263 e. The van der Waals surface area contributed by atoms with Crippen molar-refractivity contribution in [2.75, 3.05) is 10.5 Å². The molecule has 0 bridgehead atoms. The molecule has 0 radical (unpaired) electrons. The highest BCUT2D eigenvalue weighted by molar-refractivity contribution is 7.92. The molecule has 0 atom stereocenters. The summed E-state index contributed by atoms with van der Waals surface area (Å²) in [4.78, 5) is 11.3. The highest BCUT2D eigenvalue weighted by Gasteiger charge is 2.19. The number of hydrogen-bond donors (Lipinski definition) is 3. The van der Waals surface area contributed by atoms with E-state index in [9.17, 15) is 13.2 Å². The van der Waals surface area contributed by atoms with Gasteiger partial charge in [-0.15, -0.1) is 0 Å². The number of hydrogen-bond acceptors (Lipinski definition) is 4. The van der Waals surface area contributed by atoms with Gasteiger partial charge in [0.1, 0.15) is 4.90 Å². The lowest BCUT2D eigenvalue weighted by atomic mass is 10.2. The van der Waals surface area contributed by atoms with Crippen molar-refractivity contribution in [2.24, 2.45) is 5.73 Å². The highest BCUT2D eigenvalue weighted by atomic mass is 32.2. The summed E-state index contributed by atoms with van der Waals surface area (Å²) >= 11 is 0. The number of aryl methyl sites for hydroxylation is 1. The van der Waals surface area contributed by atoms with Crippen molar-refractivity contribution >= 4 is 27.3 Å². The summed E-state index contributed by atoms with van der Waals surface area (Å²) in [6.45, 7) is 1.81. The molecule has 6 nitrogen and oxygen atoms in total. The molecule has 0 aromatic heterocycles. The number of anilines is 2. The van der Waals surface area contributed by atoms with Gasteiger partial charge in [-0.25, -0.2) is 8.42 Å². The summed E-state index contributed by atoms with van der Waals surface area (Å²) in [6, 6.07) is 10.7. The SMILES string of the molecule is Cc1ccc(S(=O)(=O)Nc2ccccc2C(N)=O)c(N)c1. The van der Waals surface area contributed by atoms with E-state index in [4.69, 9.17) is 11.5 Å². The maximum absolute atomic E-state index is 12.4. The minimum absolute atomic E-state index is 0.0487. The average Bonchev–Trinajstić information content (AvgIpc) is 2.37. The summed E-state index contributed by atoms with van der Waals surface area (Å²) in [5.74, 6) is -0.717. The maximum Gasteiger partial charge on any atom is 0.263 e. The van der Waals surface area contributed by atoms with Gasteiger partial charge in [-0.2, -0.15) is 0 Å². The van der Waals surface area contributed by atoms with Crippen LogP contribution in [0.25, 0.3) is 0 Å². The Bertz CT molecular complexity index is 801. The lowest BCUT2D eigenvalue weighted by Crippen LogP contribution is -2.19. The molecule has 7 heteroatoms. The van der Waals surface area contributed by atoms with E-state index in [2.05, 4.69) is 4.72 Å². The van der Waals surface area contributed by atoms with E-state index < -0.39 is 15.9 Å². The average molecular weight is 305 g/mol. The van der Waals surface area contributed by atoms with Gasteiger partial charge in [0.15, 0.2) is 0 Å². The third kappa shape index (κ3) is 3.14. The zero-order valence-corrected chi connectivity index (χ0v) is 12.1. The molecule has 0 aliphatic heterocycles. The lowest BCUT2D eigenvalue weighted by Gasteiger charge is -2.12. The Hall–Kier alpha value is -2.54. The van der Waals surface area contributed by atoms with Crippen LogP contribution in [-0.4, -0.2) is 14.3 Å². The van der Waals surface area contributed by atoms with Gasteiger partial charge in [0.25, 0.3) is 15.9 Å². The molecule has 2 aromatic carbocycles. The number of para-hydroxylation sites is 1. The van der Waals surface area contributed by atoms with Crippen molar-refractivity contribution in [3.8, 4) is 0 Å². The van der Waals surface area contributed by atoms with Crippen molar-refractivity contribution in [3.05, 3.63) is 53.6 Å². The van der Waals surface area contributed by atoms with Crippen LogP contribution < -0.4 is 16.2 Å². The fourth-order valence-corrected chi connectivity index (χ4v) is 3.09. The first-order chi connectivity index (χ1) is 9.81. The van der Waals surface area contributed by atoms with Crippen molar-refractivity contribution in [1.29, 1.82) is 0 Å². The summed E-state index contributed by atoms with van der Waals surface area (Å²) in [6.07, 6.45) is 0. The fourth-order valence-electron chi connectivity index (χ4n) is 1.90. The van der Waals surface area contributed by atoms with E-state index in [1.54, 1.807) is 24.3 Å². The summed E-state index contributed by atoms with van der Waals surface area (Å²) in [7, 11) is -3.90. The molecule has 5 N–H and O–H groups in total. The molecule has 0 saturated heterocycles. The van der Waals surface area contributed by atoms with Gasteiger partial charge < -0.3 is 11.5 Å². The number of carbonyl (C=O) groups excluding carboxylic acids is 1. The second kappa shape index (κ2) is 5.45. The van der Waals surface area contributed by atoms with Crippen LogP contribution >= 0.6 is 0 Å². The number of carbonyl (C=O) groups is 1. The topological polar surface area (TPSA) is 115 Å². The predicted octanol–water partition coefficient (Wildman–Crippen LogP) is 1.48. The van der Waals surface area contributed by atoms with Crippen LogP contribution in [0.3, 0.4) is 0 Å². The van der Waals surface area contributed by atoms with Crippen LogP contribution in [0.5, 0.6) is 0 Å². The first-order valence-electron chi connectivity index (χ1n) is 6.09. The number of nitrogens with one attached hydrogen (secondary N) is 1. The van der Waals surface area contributed by atoms with Crippen molar-refractivity contribution in [3.63, 3.8) is 0 Å². The lowest BCUT2D eigenvalue weighted by molar-refractivity contribution is 0.100. The number of rotatable bonds is 4. The second-order valence-corrected chi connectivity index (χ2v) is 6.21. The van der Waals surface area contributed by atoms with E-state index in [0.717, 1.165) is 5.56 Å². The Morgan fingerprint density at radius 1 is 1.14 bits per heavy atom. The van der Waals surface area contributed by atoms with Crippen LogP contribution in [0.2, 0.25) is 0 Å². The molecule has 0 heterocycles. The zero-order chi connectivity index (χ0) is 15.6. The molecule has 110 valence electrons. The van der Waals surface area contributed by atoms with Crippen molar-refractivity contribution < 1.29 is 13.2 Å². The molecule has 1 amide bonds. The molecule has 0 aliphatic rings.